The fourth-order valence-corrected chi connectivity index (χ4v) is 2.04. The van der Waals surface area contributed by atoms with Crippen molar-refractivity contribution in [1.82, 2.24) is 9.97 Å². The highest BCUT2D eigenvalue weighted by molar-refractivity contribution is 6.42. The molecule has 0 fully saturated rings. The minimum absolute atomic E-state index is 0.491. The third-order valence-corrected chi connectivity index (χ3v) is 3.40. The van der Waals surface area contributed by atoms with E-state index in [1.165, 1.54) is 6.33 Å². The summed E-state index contributed by atoms with van der Waals surface area (Å²) in [5.41, 5.74) is 7.60. The number of hydrogen-bond acceptors (Lipinski definition) is 4. The Kier molecular flexibility index (Phi) is 4.45. The summed E-state index contributed by atoms with van der Waals surface area (Å²) in [6.07, 6.45) is 3.22. The Labute approximate surface area is 122 Å². The van der Waals surface area contributed by atoms with Gasteiger partial charge < -0.3 is 11.1 Å². The minimum Gasteiger partial charge on any atom is -0.383 e. The highest BCUT2D eigenvalue weighted by Crippen LogP contribution is 2.28. The molecule has 1 aromatic heterocycles. The molecule has 0 aliphatic carbocycles. The van der Waals surface area contributed by atoms with Crippen LogP contribution in [-0.4, -0.2) is 9.97 Å². The van der Waals surface area contributed by atoms with E-state index in [0.717, 1.165) is 24.1 Å². The maximum atomic E-state index is 5.98. The van der Waals surface area contributed by atoms with Gasteiger partial charge in [-0.15, -0.1) is 0 Å². The molecule has 2 aromatic rings. The van der Waals surface area contributed by atoms with Crippen LogP contribution in [0.25, 0.3) is 0 Å². The Morgan fingerprint density at radius 2 is 2.00 bits per heavy atom. The van der Waals surface area contributed by atoms with E-state index >= 15 is 0 Å². The van der Waals surface area contributed by atoms with E-state index < -0.39 is 0 Å². The molecular weight excluding hydrogens is 283 g/mol. The smallest absolute Gasteiger partial charge is 0.139 e. The number of halogens is 2. The van der Waals surface area contributed by atoms with Gasteiger partial charge in [-0.1, -0.05) is 36.5 Å². The number of rotatable bonds is 4. The summed E-state index contributed by atoms with van der Waals surface area (Å²) < 4.78 is 0. The molecule has 0 aliphatic rings. The first-order chi connectivity index (χ1) is 9.11. The zero-order valence-corrected chi connectivity index (χ0v) is 12.0. The van der Waals surface area contributed by atoms with Crippen molar-refractivity contribution >= 4 is 40.5 Å². The standard InChI is InChI=1S/C13H14Cl2N4/c1-2-3-9-12(16)17-7-18-13(9)19-8-4-5-10(14)11(15)6-8/h4-7H,2-3H2,1H3,(H3,16,17,18,19). The Hall–Kier alpha value is -1.52. The van der Waals surface area contributed by atoms with Crippen LogP contribution in [-0.2, 0) is 6.42 Å². The Balaban J connectivity index is 2.32. The third-order valence-electron chi connectivity index (χ3n) is 2.66. The van der Waals surface area contributed by atoms with E-state index in [1.807, 2.05) is 6.07 Å². The number of anilines is 3. The number of nitrogen functional groups attached to an aromatic ring is 1. The van der Waals surface area contributed by atoms with E-state index in [-0.39, 0.29) is 0 Å². The van der Waals surface area contributed by atoms with Gasteiger partial charge in [0, 0.05) is 11.3 Å². The van der Waals surface area contributed by atoms with Crippen LogP contribution in [0.3, 0.4) is 0 Å². The van der Waals surface area contributed by atoms with Crippen molar-refractivity contribution in [3.8, 4) is 0 Å². The zero-order chi connectivity index (χ0) is 13.8. The van der Waals surface area contributed by atoms with E-state index in [1.54, 1.807) is 12.1 Å². The van der Waals surface area contributed by atoms with Gasteiger partial charge in [-0.25, -0.2) is 9.97 Å². The third kappa shape index (κ3) is 3.28. The van der Waals surface area contributed by atoms with Gasteiger partial charge in [0.15, 0.2) is 0 Å². The second-order valence-corrected chi connectivity index (χ2v) is 4.90. The second-order valence-electron chi connectivity index (χ2n) is 4.09. The van der Waals surface area contributed by atoms with Crippen molar-refractivity contribution in [2.24, 2.45) is 0 Å². The van der Waals surface area contributed by atoms with E-state index in [9.17, 15) is 0 Å². The predicted octanol–water partition coefficient (Wildman–Crippen LogP) is 4.06. The number of nitrogens with one attached hydrogen (secondary N) is 1. The van der Waals surface area contributed by atoms with Crippen molar-refractivity contribution in [2.75, 3.05) is 11.1 Å². The average molecular weight is 297 g/mol. The first kappa shape index (κ1) is 13.9. The predicted molar refractivity (Wildman–Crippen MR) is 80.2 cm³/mol. The normalized spacial score (nSPS) is 10.5. The fraction of sp³-hybridized carbons (Fsp3) is 0.231. The lowest BCUT2D eigenvalue weighted by Crippen LogP contribution is -2.05. The van der Waals surface area contributed by atoms with Gasteiger partial charge >= 0.3 is 0 Å². The van der Waals surface area contributed by atoms with Gasteiger partial charge in [-0.05, 0) is 24.6 Å². The van der Waals surface area contributed by atoms with Crippen molar-refractivity contribution in [3.63, 3.8) is 0 Å². The summed E-state index contributed by atoms with van der Waals surface area (Å²) >= 11 is 11.9. The van der Waals surface area contributed by atoms with Gasteiger partial charge in [-0.3, -0.25) is 0 Å². The molecule has 0 bridgehead atoms. The van der Waals surface area contributed by atoms with Gasteiger partial charge in [0.2, 0.25) is 0 Å². The lowest BCUT2D eigenvalue weighted by atomic mass is 10.1. The molecule has 3 N–H and O–H groups in total. The zero-order valence-electron chi connectivity index (χ0n) is 10.5. The molecule has 4 nitrogen and oxygen atoms in total. The average Bonchev–Trinajstić information content (AvgIpc) is 2.38. The van der Waals surface area contributed by atoms with Gasteiger partial charge in [0.05, 0.1) is 10.0 Å². The first-order valence-corrected chi connectivity index (χ1v) is 6.68. The molecule has 19 heavy (non-hydrogen) atoms. The van der Waals surface area contributed by atoms with Crippen LogP contribution >= 0.6 is 23.2 Å². The summed E-state index contributed by atoms with van der Waals surface area (Å²) in [7, 11) is 0. The van der Waals surface area contributed by atoms with Crippen LogP contribution in [0.5, 0.6) is 0 Å². The van der Waals surface area contributed by atoms with Crippen LogP contribution in [0.1, 0.15) is 18.9 Å². The summed E-state index contributed by atoms with van der Waals surface area (Å²) in [6.45, 7) is 2.08. The number of aromatic nitrogens is 2. The molecule has 1 aromatic carbocycles. The van der Waals surface area contributed by atoms with Gasteiger partial charge in [-0.2, -0.15) is 0 Å². The molecule has 2 rings (SSSR count). The Morgan fingerprint density at radius 1 is 1.21 bits per heavy atom. The van der Waals surface area contributed by atoms with E-state index in [2.05, 4.69) is 22.2 Å². The minimum atomic E-state index is 0.491. The molecular formula is C13H14Cl2N4. The summed E-state index contributed by atoms with van der Waals surface area (Å²) in [4.78, 5) is 8.24. The molecule has 0 aliphatic heterocycles. The Bertz CT molecular complexity index is 587. The van der Waals surface area contributed by atoms with Crippen molar-refractivity contribution in [3.05, 3.63) is 40.1 Å². The molecule has 100 valence electrons. The van der Waals surface area contributed by atoms with Crippen LogP contribution in [0.15, 0.2) is 24.5 Å². The SMILES string of the molecule is CCCc1c(N)ncnc1Nc1ccc(Cl)c(Cl)c1. The number of benzene rings is 1. The van der Waals surface area contributed by atoms with Crippen LogP contribution < -0.4 is 11.1 Å². The second kappa shape index (κ2) is 6.08. The highest BCUT2D eigenvalue weighted by Gasteiger charge is 2.09. The molecule has 0 unspecified atom stereocenters. The summed E-state index contributed by atoms with van der Waals surface area (Å²) in [5, 5.41) is 4.20. The van der Waals surface area contributed by atoms with Crippen molar-refractivity contribution in [2.45, 2.75) is 19.8 Å². The molecule has 0 radical (unpaired) electrons. The quantitative estimate of drug-likeness (QED) is 0.893. The molecule has 0 saturated heterocycles. The maximum absolute atomic E-state index is 5.98. The van der Waals surface area contributed by atoms with Crippen LogP contribution in [0.2, 0.25) is 10.0 Å². The molecule has 0 saturated carbocycles. The van der Waals surface area contributed by atoms with Crippen LogP contribution in [0, 0.1) is 0 Å². The summed E-state index contributed by atoms with van der Waals surface area (Å²) in [5.74, 6) is 1.20. The molecule has 6 heteroatoms. The highest BCUT2D eigenvalue weighted by atomic mass is 35.5. The maximum Gasteiger partial charge on any atom is 0.139 e. The molecule has 0 atom stereocenters. The molecule has 0 amide bonds. The topological polar surface area (TPSA) is 63.8 Å². The fourth-order valence-electron chi connectivity index (χ4n) is 1.74. The number of nitrogens with zero attached hydrogens (tertiary/aromatic N) is 2. The molecule has 1 heterocycles. The molecule has 0 spiro atoms. The lowest BCUT2D eigenvalue weighted by Gasteiger charge is -2.12. The van der Waals surface area contributed by atoms with Gasteiger partial charge in [0.25, 0.3) is 0 Å². The summed E-state index contributed by atoms with van der Waals surface area (Å²) in [6, 6.07) is 5.32. The van der Waals surface area contributed by atoms with Gasteiger partial charge in [0.1, 0.15) is 18.0 Å². The monoisotopic (exact) mass is 296 g/mol. The first-order valence-electron chi connectivity index (χ1n) is 5.93. The van der Waals surface area contributed by atoms with Crippen molar-refractivity contribution in [1.29, 1.82) is 0 Å². The lowest BCUT2D eigenvalue weighted by molar-refractivity contribution is 0.908. The van der Waals surface area contributed by atoms with Crippen molar-refractivity contribution < 1.29 is 0 Å². The van der Waals surface area contributed by atoms with E-state index in [4.69, 9.17) is 28.9 Å². The Morgan fingerprint density at radius 3 is 2.68 bits per heavy atom. The van der Waals surface area contributed by atoms with Crippen LogP contribution in [0.4, 0.5) is 17.3 Å². The number of hydrogen-bond donors (Lipinski definition) is 2. The number of nitrogens with two attached hydrogens (primary N) is 1. The van der Waals surface area contributed by atoms with E-state index in [0.29, 0.717) is 21.7 Å². The largest absolute Gasteiger partial charge is 0.383 e.